The first-order valence-electron chi connectivity index (χ1n) is 5.97. The summed E-state index contributed by atoms with van der Waals surface area (Å²) in [4.78, 5) is 5.74. The van der Waals surface area contributed by atoms with Crippen LogP contribution in [0.15, 0.2) is 29.0 Å². The first-order valence-corrected chi connectivity index (χ1v) is 6.79. The van der Waals surface area contributed by atoms with Crippen molar-refractivity contribution < 1.29 is 4.42 Å². The van der Waals surface area contributed by atoms with E-state index in [1.54, 1.807) is 17.6 Å². The van der Waals surface area contributed by atoms with E-state index in [4.69, 9.17) is 4.42 Å². The highest BCUT2D eigenvalue weighted by Gasteiger charge is 2.06. The summed E-state index contributed by atoms with van der Waals surface area (Å²) in [6.07, 6.45) is 5.67. The van der Waals surface area contributed by atoms with Crippen LogP contribution in [0.3, 0.4) is 0 Å². The molecule has 0 saturated heterocycles. The maximum atomic E-state index is 5.32. The Morgan fingerprint density at radius 3 is 3.06 bits per heavy atom. The number of nitrogens with one attached hydrogen (secondary N) is 1. The zero-order valence-corrected chi connectivity index (χ0v) is 11.1. The summed E-state index contributed by atoms with van der Waals surface area (Å²) in [6.45, 7) is 5.16. The number of hydrogen-bond donors (Lipinski definition) is 1. The number of aromatic nitrogens is 1. The molecule has 2 heterocycles. The van der Waals surface area contributed by atoms with Gasteiger partial charge in [-0.25, -0.2) is 4.98 Å². The Hall–Kier alpha value is -1.13. The van der Waals surface area contributed by atoms with Gasteiger partial charge in [0, 0.05) is 30.1 Å². The fourth-order valence-electron chi connectivity index (χ4n) is 1.66. The molecule has 1 atom stereocenters. The zero-order chi connectivity index (χ0) is 12.1. The van der Waals surface area contributed by atoms with Crippen molar-refractivity contribution in [1.29, 1.82) is 0 Å². The molecule has 0 fully saturated rings. The van der Waals surface area contributed by atoms with Crippen LogP contribution >= 0.6 is 11.3 Å². The van der Waals surface area contributed by atoms with E-state index in [-0.39, 0.29) is 0 Å². The second-order valence-electron chi connectivity index (χ2n) is 4.14. The fraction of sp³-hybridized carbons (Fsp3) is 0.462. The molecular formula is C13H18N2OS. The summed E-state index contributed by atoms with van der Waals surface area (Å²) < 4.78 is 5.32. The zero-order valence-electron chi connectivity index (χ0n) is 10.3. The van der Waals surface area contributed by atoms with Crippen molar-refractivity contribution in [2.45, 2.75) is 39.3 Å². The van der Waals surface area contributed by atoms with Crippen LogP contribution in [0.2, 0.25) is 0 Å². The number of rotatable bonds is 6. The summed E-state index contributed by atoms with van der Waals surface area (Å²) in [7, 11) is 0. The fourth-order valence-corrected chi connectivity index (χ4v) is 2.47. The van der Waals surface area contributed by atoms with E-state index in [0.29, 0.717) is 6.04 Å². The van der Waals surface area contributed by atoms with Crippen LogP contribution < -0.4 is 5.32 Å². The average molecular weight is 250 g/mol. The van der Waals surface area contributed by atoms with Crippen LogP contribution in [0.4, 0.5) is 0 Å². The van der Waals surface area contributed by atoms with Gasteiger partial charge in [-0.15, -0.1) is 11.3 Å². The van der Waals surface area contributed by atoms with Crippen LogP contribution in [-0.4, -0.2) is 11.0 Å². The summed E-state index contributed by atoms with van der Waals surface area (Å²) in [6, 6.07) is 4.34. The smallest absolute Gasteiger partial charge is 0.107 e. The van der Waals surface area contributed by atoms with Gasteiger partial charge < -0.3 is 9.73 Å². The molecule has 2 aromatic rings. The highest BCUT2D eigenvalue weighted by atomic mass is 32.1. The summed E-state index contributed by atoms with van der Waals surface area (Å²) >= 11 is 1.79. The van der Waals surface area contributed by atoms with Gasteiger partial charge >= 0.3 is 0 Å². The van der Waals surface area contributed by atoms with Gasteiger partial charge in [-0.05, 0) is 25.5 Å². The molecule has 0 amide bonds. The molecule has 0 aromatic carbocycles. The Kier molecular flexibility index (Phi) is 4.34. The number of nitrogens with zero attached hydrogens (tertiary/aromatic N) is 1. The maximum Gasteiger partial charge on any atom is 0.107 e. The Bertz CT molecular complexity index is 436. The van der Waals surface area contributed by atoms with Gasteiger partial charge in [-0.3, -0.25) is 0 Å². The van der Waals surface area contributed by atoms with Crippen molar-refractivity contribution >= 4 is 11.3 Å². The molecule has 2 aromatic heterocycles. The number of aryl methyl sites for hydroxylation is 1. The Balaban J connectivity index is 1.77. The molecule has 0 bridgehead atoms. The SMILES string of the molecule is CCc1cnc(CNC(C)Cc2ccco2)s1. The minimum atomic E-state index is 0.398. The third-order valence-corrected chi connectivity index (χ3v) is 3.78. The van der Waals surface area contributed by atoms with Gasteiger partial charge in [0.15, 0.2) is 0 Å². The van der Waals surface area contributed by atoms with Crippen molar-refractivity contribution in [2.75, 3.05) is 0 Å². The van der Waals surface area contributed by atoms with E-state index in [1.165, 1.54) is 4.88 Å². The highest BCUT2D eigenvalue weighted by Crippen LogP contribution is 2.13. The minimum absolute atomic E-state index is 0.398. The molecule has 0 aliphatic rings. The van der Waals surface area contributed by atoms with E-state index in [2.05, 4.69) is 24.1 Å². The third-order valence-electron chi connectivity index (χ3n) is 2.64. The monoisotopic (exact) mass is 250 g/mol. The van der Waals surface area contributed by atoms with E-state index >= 15 is 0 Å². The first kappa shape index (κ1) is 12.3. The molecule has 92 valence electrons. The van der Waals surface area contributed by atoms with Crippen LogP contribution in [-0.2, 0) is 19.4 Å². The van der Waals surface area contributed by atoms with E-state index in [0.717, 1.165) is 30.2 Å². The van der Waals surface area contributed by atoms with E-state index < -0.39 is 0 Å². The lowest BCUT2D eigenvalue weighted by molar-refractivity contribution is 0.456. The van der Waals surface area contributed by atoms with Gasteiger partial charge in [-0.2, -0.15) is 0 Å². The van der Waals surface area contributed by atoms with E-state index in [1.807, 2.05) is 18.3 Å². The Morgan fingerprint density at radius 1 is 1.53 bits per heavy atom. The van der Waals surface area contributed by atoms with Crippen molar-refractivity contribution in [2.24, 2.45) is 0 Å². The van der Waals surface area contributed by atoms with Crippen LogP contribution in [0.1, 0.15) is 29.5 Å². The quantitative estimate of drug-likeness (QED) is 0.856. The first-order chi connectivity index (χ1) is 8.28. The number of hydrogen-bond acceptors (Lipinski definition) is 4. The summed E-state index contributed by atoms with van der Waals surface area (Å²) in [5.41, 5.74) is 0. The molecule has 0 saturated carbocycles. The van der Waals surface area contributed by atoms with Gasteiger partial charge in [0.1, 0.15) is 10.8 Å². The van der Waals surface area contributed by atoms with Gasteiger partial charge in [0.25, 0.3) is 0 Å². The van der Waals surface area contributed by atoms with Crippen molar-refractivity contribution in [3.63, 3.8) is 0 Å². The van der Waals surface area contributed by atoms with E-state index in [9.17, 15) is 0 Å². The third kappa shape index (κ3) is 3.68. The maximum absolute atomic E-state index is 5.32. The average Bonchev–Trinajstić information content (AvgIpc) is 2.96. The normalized spacial score (nSPS) is 12.8. The predicted molar refractivity (Wildman–Crippen MR) is 70.2 cm³/mol. The molecule has 4 heteroatoms. The lowest BCUT2D eigenvalue weighted by Crippen LogP contribution is -2.27. The van der Waals surface area contributed by atoms with Gasteiger partial charge in [0.05, 0.1) is 6.26 Å². The molecule has 1 unspecified atom stereocenters. The van der Waals surface area contributed by atoms with Gasteiger partial charge in [0.2, 0.25) is 0 Å². The second-order valence-corrected chi connectivity index (χ2v) is 5.34. The molecule has 2 rings (SSSR count). The van der Waals surface area contributed by atoms with Crippen LogP contribution in [0, 0.1) is 0 Å². The summed E-state index contributed by atoms with van der Waals surface area (Å²) in [5, 5.41) is 4.62. The molecule has 3 nitrogen and oxygen atoms in total. The van der Waals surface area contributed by atoms with Crippen LogP contribution in [0.5, 0.6) is 0 Å². The van der Waals surface area contributed by atoms with Crippen molar-refractivity contribution in [1.82, 2.24) is 10.3 Å². The molecule has 17 heavy (non-hydrogen) atoms. The molecule has 0 radical (unpaired) electrons. The van der Waals surface area contributed by atoms with Crippen molar-refractivity contribution in [3.05, 3.63) is 40.2 Å². The molecule has 0 aliphatic carbocycles. The second kappa shape index (κ2) is 5.98. The number of thiazole rings is 1. The Morgan fingerprint density at radius 2 is 2.41 bits per heavy atom. The van der Waals surface area contributed by atoms with Gasteiger partial charge in [-0.1, -0.05) is 6.92 Å². The van der Waals surface area contributed by atoms with Crippen molar-refractivity contribution in [3.8, 4) is 0 Å². The Labute approximate surface area is 106 Å². The van der Waals surface area contributed by atoms with Crippen LogP contribution in [0.25, 0.3) is 0 Å². The predicted octanol–water partition coefficient (Wildman–Crippen LogP) is 3.02. The summed E-state index contributed by atoms with van der Waals surface area (Å²) in [5.74, 6) is 1.03. The lowest BCUT2D eigenvalue weighted by atomic mass is 10.2. The topological polar surface area (TPSA) is 38.1 Å². The number of furan rings is 1. The minimum Gasteiger partial charge on any atom is -0.469 e. The largest absolute Gasteiger partial charge is 0.469 e. The molecular weight excluding hydrogens is 232 g/mol. The molecule has 0 aliphatic heterocycles. The highest BCUT2D eigenvalue weighted by molar-refractivity contribution is 7.11. The molecule has 1 N–H and O–H groups in total. The molecule has 0 spiro atoms. The standard InChI is InChI=1S/C13H18N2OS/c1-3-12-8-15-13(17-12)9-14-10(2)7-11-5-4-6-16-11/h4-6,8,10,14H,3,7,9H2,1-2H3. The lowest BCUT2D eigenvalue weighted by Gasteiger charge is -2.10.